The molecule has 4 heteroatoms. The fourth-order valence-corrected chi connectivity index (χ4v) is 5.74. The summed E-state index contributed by atoms with van der Waals surface area (Å²) in [5.74, 6) is -1.63. The molecule has 3 aliphatic rings. The van der Waals surface area contributed by atoms with E-state index in [0.717, 1.165) is 11.1 Å². The maximum Gasteiger partial charge on any atom is 0.161 e. The predicted molar refractivity (Wildman–Crippen MR) is 92.5 cm³/mol. The Hall–Kier alpha value is -1.64. The summed E-state index contributed by atoms with van der Waals surface area (Å²) < 4.78 is 0. The van der Waals surface area contributed by atoms with Crippen LogP contribution < -0.4 is 0 Å². The van der Waals surface area contributed by atoms with Crippen LogP contribution in [0.5, 0.6) is 0 Å². The van der Waals surface area contributed by atoms with Crippen LogP contribution in [0, 0.1) is 11.8 Å². The number of carbonyl (C=O) groups excluding carboxylic acids is 2. The third kappa shape index (κ3) is 1.54. The smallest absolute Gasteiger partial charge is 0.161 e. The molecule has 3 fully saturated rings. The Balaban J connectivity index is 1.55. The zero-order valence-corrected chi connectivity index (χ0v) is 14.2. The number of halogens is 2. The van der Waals surface area contributed by atoms with Crippen LogP contribution in [-0.4, -0.2) is 21.3 Å². The summed E-state index contributed by atoms with van der Waals surface area (Å²) in [4.78, 5) is 23.9. The number of alkyl halides is 2. The van der Waals surface area contributed by atoms with Crippen molar-refractivity contribution in [2.75, 3.05) is 0 Å². The number of fused-ring (bicyclic) bond motifs is 2. The molecule has 0 N–H and O–H groups in total. The van der Waals surface area contributed by atoms with E-state index < -0.39 is 21.6 Å². The summed E-state index contributed by atoms with van der Waals surface area (Å²) in [5.41, 5.74) is 1.88. The fourth-order valence-electron chi connectivity index (χ4n) is 4.68. The molecule has 120 valence electrons. The van der Waals surface area contributed by atoms with Gasteiger partial charge < -0.3 is 0 Å². The van der Waals surface area contributed by atoms with Crippen LogP contribution in [0.15, 0.2) is 60.7 Å². The topological polar surface area (TPSA) is 34.1 Å². The molecule has 0 spiro atoms. The minimum atomic E-state index is -1.11. The first-order chi connectivity index (χ1) is 11.5. The van der Waals surface area contributed by atoms with E-state index in [9.17, 15) is 9.59 Å². The number of rotatable bonds is 2. The van der Waals surface area contributed by atoms with E-state index in [4.69, 9.17) is 23.2 Å². The maximum atomic E-state index is 13.1. The summed E-state index contributed by atoms with van der Waals surface area (Å²) in [6, 6.07) is 19.1. The van der Waals surface area contributed by atoms with Crippen molar-refractivity contribution in [3.05, 3.63) is 71.8 Å². The molecular formula is C20H14Cl2O2. The van der Waals surface area contributed by atoms with Crippen molar-refractivity contribution in [3.8, 4) is 0 Å². The summed E-state index contributed by atoms with van der Waals surface area (Å²) in [7, 11) is 0. The molecule has 2 aromatic carbocycles. The fraction of sp³-hybridized carbons (Fsp3) is 0.300. The number of hydrogen-bond donors (Lipinski definition) is 0. The number of carbonyl (C=O) groups is 2. The van der Waals surface area contributed by atoms with Crippen molar-refractivity contribution in [2.24, 2.45) is 11.8 Å². The highest BCUT2D eigenvalue weighted by atomic mass is 35.5. The molecule has 24 heavy (non-hydrogen) atoms. The molecule has 5 rings (SSSR count). The molecule has 0 bridgehead atoms. The van der Waals surface area contributed by atoms with E-state index in [1.807, 2.05) is 60.7 Å². The van der Waals surface area contributed by atoms with Crippen molar-refractivity contribution in [3.63, 3.8) is 0 Å². The molecule has 2 aromatic rings. The van der Waals surface area contributed by atoms with Crippen molar-refractivity contribution in [1.29, 1.82) is 0 Å². The second kappa shape index (κ2) is 4.50. The van der Waals surface area contributed by atoms with Gasteiger partial charge in [0, 0.05) is 11.8 Å². The molecule has 0 amide bonds. The van der Waals surface area contributed by atoms with Crippen LogP contribution in [-0.2, 0) is 9.59 Å². The Kier molecular flexibility index (Phi) is 2.75. The van der Waals surface area contributed by atoms with Gasteiger partial charge >= 0.3 is 0 Å². The highest BCUT2D eigenvalue weighted by Crippen LogP contribution is 2.78. The molecule has 0 aromatic heterocycles. The van der Waals surface area contributed by atoms with Crippen LogP contribution in [0.3, 0.4) is 0 Å². The molecule has 0 radical (unpaired) electrons. The SMILES string of the molecule is O=C1[C@@H]2[C@H](c3ccccc3)[C@]2(Cl)C(=O)[C@H]2[C@@H](c3ccccc3)[C@@]12Cl. The van der Waals surface area contributed by atoms with Crippen LogP contribution in [0.1, 0.15) is 23.0 Å². The van der Waals surface area contributed by atoms with Gasteiger partial charge in [0.25, 0.3) is 0 Å². The molecular weight excluding hydrogens is 343 g/mol. The number of hydrogen-bond acceptors (Lipinski definition) is 2. The van der Waals surface area contributed by atoms with E-state index in [1.165, 1.54) is 0 Å². The maximum absolute atomic E-state index is 13.1. The molecule has 6 atom stereocenters. The zero-order valence-electron chi connectivity index (χ0n) is 12.7. The molecule has 0 saturated heterocycles. The Morgan fingerprint density at radius 2 is 0.917 bits per heavy atom. The van der Waals surface area contributed by atoms with Gasteiger partial charge in [0.15, 0.2) is 11.6 Å². The first-order valence-electron chi connectivity index (χ1n) is 8.08. The van der Waals surface area contributed by atoms with Crippen LogP contribution in [0.25, 0.3) is 0 Å². The van der Waals surface area contributed by atoms with Gasteiger partial charge in [0.05, 0.1) is 11.8 Å². The number of benzene rings is 2. The summed E-state index contributed by atoms with van der Waals surface area (Å²) in [6.07, 6.45) is 0. The highest BCUT2D eigenvalue weighted by molar-refractivity contribution is 6.52. The first kappa shape index (κ1) is 14.7. The Bertz CT molecular complexity index is 792. The van der Waals surface area contributed by atoms with Gasteiger partial charge in [-0.05, 0) is 11.1 Å². The highest BCUT2D eigenvalue weighted by Gasteiger charge is 2.88. The average Bonchev–Trinajstić information content (AvgIpc) is 3.46. The Labute approximate surface area is 149 Å². The second-order valence-electron chi connectivity index (χ2n) is 7.00. The van der Waals surface area contributed by atoms with Gasteiger partial charge in [-0.2, -0.15) is 0 Å². The zero-order chi connectivity index (χ0) is 16.7. The van der Waals surface area contributed by atoms with Gasteiger partial charge in [-0.3, -0.25) is 9.59 Å². The van der Waals surface area contributed by atoms with Gasteiger partial charge in [0.1, 0.15) is 9.75 Å². The molecule has 3 saturated carbocycles. The van der Waals surface area contributed by atoms with Crippen molar-refractivity contribution in [1.82, 2.24) is 0 Å². The Morgan fingerprint density at radius 3 is 1.25 bits per heavy atom. The molecule has 2 nitrogen and oxygen atoms in total. The summed E-state index contributed by atoms with van der Waals surface area (Å²) in [5, 5.41) is 0. The summed E-state index contributed by atoms with van der Waals surface area (Å²) >= 11 is 13.4. The Morgan fingerprint density at radius 1 is 0.583 bits per heavy atom. The standard InChI is InChI=1S/C20H14Cl2O2/c21-19-13(11-7-3-1-4-8-11)15(19)17(23)20(22)14(16(20)18(19)24)12-9-5-2-6-10-12/h1-10,13-16H/t13-,14+,15-,16+,19+,20-. The van der Waals surface area contributed by atoms with Crippen molar-refractivity contribution < 1.29 is 9.59 Å². The minimum absolute atomic E-state index is 0.0635. The van der Waals surface area contributed by atoms with Gasteiger partial charge in [-0.25, -0.2) is 0 Å². The van der Waals surface area contributed by atoms with Crippen LogP contribution in [0.2, 0.25) is 0 Å². The largest absolute Gasteiger partial charge is 0.297 e. The number of Topliss-reactive ketones (excluding diaryl/α,β-unsaturated/α-hetero) is 2. The summed E-state index contributed by atoms with van der Waals surface area (Å²) in [6.45, 7) is 0. The molecule has 0 heterocycles. The van der Waals surface area contributed by atoms with E-state index in [0.29, 0.717) is 0 Å². The number of ketones is 2. The van der Waals surface area contributed by atoms with E-state index in [2.05, 4.69) is 0 Å². The lowest BCUT2D eigenvalue weighted by Crippen LogP contribution is -2.37. The first-order valence-corrected chi connectivity index (χ1v) is 8.84. The molecule has 3 aliphatic carbocycles. The van der Waals surface area contributed by atoms with Crippen LogP contribution >= 0.6 is 23.2 Å². The lowest BCUT2D eigenvalue weighted by Gasteiger charge is -2.16. The normalized spacial score (nSPS) is 42.2. The van der Waals surface area contributed by atoms with E-state index in [1.54, 1.807) is 0 Å². The average molecular weight is 357 g/mol. The quantitative estimate of drug-likeness (QED) is 0.764. The van der Waals surface area contributed by atoms with Crippen LogP contribution in [0.4, 0.5) is 0 Å². The second-order valence-corrected chi connectivity index (χ2v) is 8.25. The van der Waals surface area contributed by atoms with Gasteiger partial charge in [0.2, 0.25) is 0 Å². The predicted octanol–water partition coefficient (Wildman–Crippen LogP) is 3.92. The van der Waals surface area contributed by atoms with Crippen molar-refractivity contribution >= 4 is 34.8 Å². The van der Waals surface area contributed by atoms with E-state index in [-0.39, 0.29) is 23.4 Å². The lowest BCUT2D eigenvalue weighted by atomic mass is 9.97. The lowest BCUT2D eigenvalue weighted by molar-refractivity contribution is -0.129. The molecule has 0 aliphatic heterocycles. The van der Waals surface area contributed by atoms with Crippen molar-refractivity contribution in [2.45, 2.75) is 21.6 Å². The van der Waals surface area contributed by atoms with Gasteiger partial charge in [-0.15, -0.1) is 23.2 Å². The molecule has 0 unspecified atom stereocenters. The third-order valence-electron chi connectivity index (χ3n) is 5.90. The van der Waals surface area contributed by atoms with E-state index >= 15 is 0 Å². The van der Waals surface area contributed by atoms with Gasteiger partial charge in [-0.1, -0.05) is 60.7 Å². The monoisotopic (exact) mass is 356 g/mol. The minimum Gasteiger partial charge on any atom is -0.297 e. The third-order valence-corrected chi connectivity index (χ3v) is 7.21.